The van der Waals surface area contributed by atoms with E-state index in [9.17, 15) is 9.59 Å². The molecular weight excluding hydrogens is 400 g/mol. The molecule has 7 nitrogen and oxygen atoms in total. The van der Waals surface area contributed by atoms with Gasteiger partial charge in [0.2, 0.25) is 0 Å². The molecule has 3 aromatic rings. The highest BCUT2D eigenvalue weighted by molar-refractivity contribution is 7.20. The maximum absolute atomic E-state index is 13.0. The standard InChI is InChI=1S/C22H26N4O3S/c1-13-18-21(24-17-10-7-11-26(17)22(18)28)30-19(13)20(27)23-12-15(25(2)3)14-8-5-6-9-16(14)29-4/h5-6,8-9,15H,7,10-12H2,1-4H3,(H,23,27). The third-order valence-electron chi connectivity index (χ3n) is 5.69. The minimum absolute atomic E-state index is 0.0273. The zero-order chi connectivity index (χ0) is 21.4. The summed E-state index contributed by atoms with van der Waals surface area (Å²) in [5.41, 5.74) is 1.70. The molecule has 1 atom stereocenters. The molecule has 30 heavy (non-hydrogen) atoms. The second-order valence-electron chi connectivity index (χ2n) is 7.76. The van der Waals surface area contributed by atoms with Crippen LogP contribution >= 0.6 is 11.3 Å². The van der Waals surface area contributed by atoms with Crippen LogP contribution in [-0.4, -0.2) is 48.1 Å². The molecule has 1 amide bonds. The van der Waals surface area contributed by atoms with Crippen molar-refractivity contribution in [1.29, 1.82) is 0 Å². The Morgan fingerprint density at radius 3 is 2.87 bits per heavy atom. The van der Waals surface area contributed by atoms with Crippen LogP contribution in [-0.2, 0) is 13.0 Å². The average Bonchev–Trinajstić information content (AvgIpc) is 3.33. The van der Waals surface area contributed by atoms with Crippen LogP contribution in [0.1, 0.15) is 39.1 Å². The van der Waals surface area contributed by atoms with Crippen LogP contribution in [0.4, 0.5) is 0 Å². The number of ether oxygens (including phenoxy) is 1. The van der Waals surface area contributed by atoms with Crippen LogP contribution in [0, 0.1) is 6.92 Å². The van der Waals surface area contributed by atoms with Crippen LogP contribution in [0.2, 0.25) is 0 Å². The molecule has 0 saturated heterocycles. The van der Waals surface area contributed by atoms with Crippen LogP contribution in [0.3, 0.4) is 0 Å². The number of aromatic nitrogens is 2. The number of methoxy groups -OCH3 is 1. The number of rotatable bonds is 6. The van der Waals surface area contributed by atoms with Crippen molar-refractivity contribution in [2.45, 2.75) is 32.4 Å². The molecule has 1 aliphatic heterocycles. The van der Waals surface area contributed by atoms with Gasteiger partial charge in [-0.2, -0.15) is 0 Å². The Labute approximate surface area is 179 Å². The number of nitrogens with zero attached hydrogens (tertiary/aromatic N) is 3. The molecule has 1 aromatic carbocycles. The van der Waals surface area contributed by atoms with Gasteiger partial charge in [-0.1, -0.05) is 18.2 Å². The number of thiophene rings is 1. The van der Waals surface area contributed by atoms with Gasteiger partial charge in [0.25, 0.3) is 11.5 Å². The van der Waals surface area contributed by atoms with Crippen molar-refractivity contribution in [2.24, 2.45) is 0 Å². The number of carbonyl (C=O) groups excluding carboxylic acids is 1. The molecule has 8 heteroatoms. The fraction of sp³-hybridized carbons (Fsp3) is 0.409. The Morgan fingerprint density at radius 2 is 2.13 bits per heavy atom. The van der Waals surface area contributed by atoms with Crippen molar-refractivity contribution in [1.82, 2.24) is 19.8 Å². The van der Waals surface area contributed by atoms with E-state index in [1.54, 1.807) is 11.7 Å². The van der Waals surface area contributed by atoms with Gasteiger partial charge in [0.05, 0.1) is 23.4 Å². The molecule has 3 heterocycles. The largest absolute Gasteiger partial charge is 0.496 e. The number of amides is 1. The minimum atomic E-state index is -0.179. The Hall–Kier alpha value is -2.71. The molecule has 0 spiro atoms. The summed E-state index contributed by atoms with van der Waals surface area (Å²) in [6.45, 7) is 2.96. The quantitative estimate of drug-likeness (QED) is 0.656. The molecule has 2 aromatic heterocycles. The highest BCUT2D eigenvalue weighted by Crippen LogP contribution is 2.30. The first-order valence-corrected chi connectivity index (χ1v) is 10.8. The lowest BCUT2D eigenvalue weighted by molar-refractivity contribution is 0.0945. The highest BCUT2D eigenvalue weighted by Gasteiger charge is 2.25. The lowest BCUT2D eigenvalue weighted by Crippen LogP contribution is -2.34. The summed E-state index contributed by atoms with van der Waals surface area (Å²) >= 11 is 1.30. The van der Waals surface area contributed by atoms with Crippen molar-refractivity contribution in [3.8, 4) is 5.75 Å². The third kappa shape index (κ3) is 3.50. The third-order valence-corrected chi connectivity index (χ3v) is 6.88. The first-order chi connectivity index (χ1) is 14.4. The van der Waals surface area contributed by atoms with Crippen LogP contribution < -0.4 is 15.6 Å². The first-order valence-electron chi connectivity index (χ1n) is 10.0. The molecule has 0 radical (unpaired) electrons. The van der Waals surface area contributed by atoms with Crippen molar-refractivity contribution < 1.29 is 9.53 Å². The number of aryl methyl sites for hydroxylation is 2. The van der Waals surface area contributed by atoms with Gasteiger partial charge in [0.1, 0.15) is 16.4 Å². The van der Waals surface area contributed by atoms with Crippen molar-refractivity contribution in [3.63, 3.8) is 0 Å². The van der Waals surface area contributed by atoms with Crippen LogP contribution in [0.15, 0.2) is 29.1 Å². The molecule has 4 rings (SSSR count). The van der Waals surface area contributed by atoms with Crippen molar-refractivity contribution in [2.75, 3.05) is 27.7 Å². The van der Waals surface area contributed by atoms with Crippen LogP contribution in [0.25, 0.3) is 10.2 Å². The van der Waals surface area contributed by atoms with E-state index in [0.717, 1.165) is 30.0 Å². The summed E-state index contributed by atoms with van der Waals surface area (Å²) in [5.74, 6) is 1.43. The zero-order valence-electron chi connectivity index (χ0n) is 17.7. The van der Waals surface area contributed by atoms with E-state index in [1.165, 1.54) is 11.3 Å². The van der Waals surface area contributed by atoms with Gasteiger partial charge in [0.15, 0.2) is 0 Å². The second-order valence-corrected chi connectivity index (χ2v) is 8.76. The number of benzene rings is 1. The molecule has 0 aliphatic carbocycles. The Bertz CT molecular complexity index is 1170. The van der Waals surface area contributed by atoms with E-state index < -0.39 is 0 Å². The molecule has 0 fully saturated rings. The zero-order valence-corrected chi connectivity index (χ0v) is 18.5. The first kappa shape index (κ1) is 20.6. The lowest BCUT2D eigenvalue weighted by Gasteiger charge is -2.26. The number of nitrogens with one attached hydrogen (secondary N) is 1. The predicted molar refractivity (Wildman–Crippen MR) is 119 cm³/mol. The van der Waals surface area contributed by atoms with E-state index >= 15 is 0 Å². The Kier molecular flexibility index (Phi) is 5.62. The fourth-order valence-electron chi connectivity index (χ4n) is 4.07. The molecule has 158 valence electrons. The lowest BCUT2D eigenvalue weighted by atomic mass is 10.0. The highest BCUT2D eigenvalue weighted by atomic mass is 32.1. The molecule has 1 unspecified atom stereocenters. The minimum Gasteiger partial charge on any atom is -0.496 e. The number of para-hydroxylation sites is 1. The van der Waals surface area contributed by atoms with Gasteiger partial charge in [-0.05, 0) is 39.1 Å². The molecule has 0 saturated carbocycles. The van der Waals surface area contributed by atoms with E-state index in [1.807, 2.05) is 45.3 Å². The normalized spacial score (nSPS) is 14.2. The van der Waals surface area contributed by atoms with Gasteiger partial charge in [-0.15, -0.1) is 11.3 Å². The van der Waals surface area contributed by atoms with Gasteiger partial charge < -0.3 is 15.0 Å². The molecule has 1 aliphatic rings. The Balaban J connectivity index is 1.61. The Morgan fingerprint density at radius 1 is 1.37 bits per heavy atom. The van der Waals surface area contributed by atoms with Gasteiger partial charge >= 0.3 is 0 Å². The molecule has 1 N–H and O–H groups in total. The molecular formula is C22H26N4O3S. The predicted octanol–water partition coefficient (Wildman–Crippen LogP) is 2.75. The van der Waals surface area contributed by atoms with Crippen molar-refractivity contribution in [3.05, 3.63) is 56.4 Å². The second kappa shape index (κ2) is 8.20. The average molecular weight is 427 g/mol. The van der Waals surface area contributed by atoms with Gasteiger partial charge in [0, 0.05) is 25.1 Å². The number of fused-ring (bicyclic) bond motifs is 2. The van der Waals surface area contributed by atoms with E-state index in [2.05, 4.69) is 15.2 Å². The van der Waals surface area contributed by atoms with Crippen LogP contribution in [0.5, 0.6) is 5.75 Å². The van der Waals surface area contributed by atoms with Gasteiger partial charge in [-0.25, -0.2) is 4.98 Å². The summed E-state index contributed by atoms with van der Waals surface area (Å²) in [6.07, 6.45) is 1.76. The van der Waals surface area contributed by atoms with Crippen molar-refractivity contribution >= 4 is 27.5 Å². The number of hydrogen-bond donors (Lipinski definition) is 1. The van der Waals surface area contributed by atoms with E-state index in [0.29, 0.717) is 33.7 Å². The SMILES string of the molecule is COc1ccccc1C(CNC(=O)c1sc2nc3n(c(=O)c2c1C)CCC3)N(C)C. The van der Waals surface area contributed by atoms with Gasteiger partial charge in [-0.3, -0.25) is 14.2 Å². The summed E-state index contributed by atoms with van der Waals surface area (Å²) in [7, 11) is 5.59. The van der Waals surface area contributed by atoms with E-state index in [4.69, 9.17) is 4.74 Å². The summed E-state index contributed by atoms with van der Waals surface area (Å²) in [5, 5.41) is 3.62. The molecule has 0 bridgehead atoms. The summed E-state index contributed by atoms with van der Waals surface area (Å²) in [4.78, 5) is 33.8. The smallest absolute Gasteiger partial charge is 0.262 e. The fourth-order valence-corrected chi connectivity index (χ4v) is 5.18. The van der Waals surface area contributed by atoms with E-state index in [-0.39, 0.29) is 17.5 Å². The summed E-state index contributed by atoms with van der Waals surface area (Å²) in [6, 6.07) is 7.77. The number of likely N-dealkylation sites (N-methyl/N-ethyl adjacent to an activating group) is 1. The number of hydrogen-bond acceptors (Lipinski definition) is 6. The maximum atomic E-state index is 13.0. The topological polar surface area (TPSA) is 76.5 Å². The summed E-state index contributed by atoms with van der Waals surface area (Å²) < 4.78 is 7.24. The number of carbonyl (C=O) groups is 1. The monoisotopic (exact) mass is 426 g/mol. The maximum Gasteiger partial charge on any atom is 0.262 e.